The molecular formula is C18H20N2O4. The van der Waals surface area contributed by atoms with E-state index in [0.29, 0.717) is 25.3 Å². The van der Waals surface area contributed by atoms with Crippen LogP contribution in [0.3, 0.4) is 0 Å². The van der Waals surface area contributed by atoms with E-state index >= 15 is 0 Å². The second-order valence-corrected chi connectivity index (χ2v) is 6.45. The van der Waals surface area contributed by atoms with Crippen LogP contribution in [0.25, 0.3) is 0 Å². The van der Waals surface area contributed by atoms with Crippen LogP contribution in [0, 0.1) is 5.92 Å². The van der Waals surface area contributed by atoms with Crippen molar-refractivity contribution in [2.24, 2.45) is 5.92 Å². The highest BCUT2D eigenvalue weighted by molar-refractivity contribution is 5.90. The van der Waals surface area contributed by atoms with Gasteiger partial charge in [-0.15, -0.1) is 0 Å². The summed E-state index contributed by atoms with van der Waals surface area (Å²) in [5.41, 5.74) is 0. The van der Waals surface area contributed by atoms with Crippen molar-refractivity contribution in [3.8, 4) is 0 Å². The number of likely N-dealkylation sites (tertiary alicyclic amines) is 1. The third kappa shape index (κ3) is 2.84. The molecule has 0 aromatic carbocycles. The summed E-state index contributed by atoms with van der Waals surface area (Å²) in [6.07, 6.45) is 5.60. The van der Waals surface area contributed by atoms with Gasteiger partial charge in [0.1, 0.15) is 17.6 Å². The fourth-order valence-electron chi connectivity index (χ4n) is 3.51. The Morgan fingerprint density at radius 1 is 1.21 bits per heavy atom. The second kappa shape index (κ2) is 6.19. The smallest absolute Gasteiger partial charge is 0.243 e. The summed E-state index contributed by atoms with van der Waals surface area (Å²) >= 11 is 0. The van der Waals surface area contributed by atoms with Gasteiger partial charge in [-0.2, -0.15) is 0 Å². The summed E-state index contributed by atoms with van der Waals surface area (Å²) in [4.78, 5) is 26.9. The van der Waals surface area contributed by atoms with Crippen LogP contribution in [-0.4, -0.2) is 29.3 Å². The van der Waals surface area contributed by atoms with Crippen LogP contribution in [0.1, 0.15) is 36.7 Å². The number of amides is 2. The van der Waals surface area contributed by atoms with Gasteiger partial charge in [-0.3, -0.25) is 9.59 Å². The van der Waals surface area contributed by atoms with Crippen molar-refractivity contribution in [2.45, 2.75) is 37.8 Å². The van der Waals surface area contributed by atoms with Crippen LogP contribution >= 0.6 is 0 Å². The molecule has 6 heteroatoms. The maximum atomic E-state index is 12.7. The van der Waals surface area contributed by atoms with Crippen LogP contribution in [-0.2, 0) is 16.1 Å². The number of hydrogen-bond acceptors (Lipinski definition) is 4. The highest BCUT2D eigenvalue weighted by atomic mass is 16.3. The number of nitrogens with one attached hydrogen (secondary N) is 1. The molecule has 2 aliphatic rings. The van der Waals surface area contributed by atoms with Gasteiger partial charge in [-0.05, 0) is 43.5 Å². The summed E-state index contributed by atoms with van der Waals surface area (Å²) < 4.78 is 10.6. The van der Waals surface area contributed by atoms with Crippen molar-refractivity contribution < 1.29 is 18.4 Å². The van der Waals surface area contributed by atoms with E-state index in [1.807, 2.05) is 18.2 Å². The van der Waals surface area contributed by atoms with E-state index in [2.05, 4.69) is 5.32 Å². The summed E-state index contributed by atoms with van der Waals surface area (Å²) in [7, 11) is 0. The summed E-state index contributed by atoms with van der Waals surface area (Å²) in [6, 6.07) is 6.99. The zero-order valence-corrected chi connectivity index (χ0v) is 13.3. The lowest BCUT2D eigenvalue weighted by Crippen LogP contribution is -2.46. The number of carbonyl (C=O) groups is 2. The first-order chi connectivity index (χ1) is 11.7. The molecule has 126 valence electrons. The molecule has 1 N–H and O–H groups in total. The minimum Gasteiger partial charge on any atom is -0.469 e. The van der Waals surface area contributed by atoms with Gasteiger partial charge in [0.25, 0.3) is 0 Å². The van der Waals surface area contributed by atoms with Gasteiger partial charge in [0.05, 0.1) is 19.1 Å². The Labute approximate surface area is 139 Å². The lowest BCUT2D eigenvalue weighted by atomic mass is 10.2. The molecule has 2 fully saturated rings. The van der Waals surface area contributed by atoms with Gasteiger partial charge < -0.3 is 19.1 Å². The SMILES string of the molecule is O=C(NCc1ccco1)C1CCCN1C(=O)C1CC1c1ccco1. The molecule has 3 unspecified atom stereocenters. The van der Waals surface area contributed by atoms with E-state index < -0.39 is 0 Å². The minimum absolute atomic E-state index is 0.0466. The molecule has 2 amide bonds. The Kier molecular flexibility index (Phi) is 3.88. The molecule has 1 aliphatic carbocycles. The number of rotatable bonds is 5. The van der Waals surface area contributed by atoms with Crippen molar-refractivity contribution in [3.63, 3.8) is 0 Å². The maximum Gasteiger partial charge on any atom is 0.243 e. The van der Waals surface area contributed by atoms with Gasteiger partial charge in [-0.1, -0.05) is 0 Å². The van der Waals surface area contributed by atoms with Crippen LogP contribution in [0.15, 0.2) is 45.6 Å². The van der Waals surface area contributed by atoms with E-state index in [1.54, 1.807) is 23.5 Å². The largest absolute Gasteiger partial charge is 0.469 e. The van der Waals surface area contributed by atoms with Gasteiger partial charge in [0.2, 0.25) is 11.8 Å². The Bertz CT molecular complexity index is 707. The lowest BCUT2D eigenvalue weighted by Gasteiger charge is -2.24. The highest BCUT2D eigenvalue weighted by Crippen LogP contribution is 2.49. The van der Waals surface area contributed by atoms with E-state index in [-0.39, 0.29) is 29.7 Å². The average molecular weight is 328 g/mol. The van der Waals surface area contributed by atoms with Gasteiger partial charge in [0, 0.05) is 18.4 Å². The first-order valence-corrected chi connectivity index (χ1v) is 8.38. The summed E-state index contributed by atoms with van der Waals surface area (Å²) in [6.45, 7) is 1.00. The zero-order chi connectivity index (χ0) is 16.5. The lowest BCUT2D eigenvalue weighted by molar-refractivity contribution is -0.139. The van der Waals surface area contributed by atoms with Gasteiger partial charge in [0.15, 0.2) is 0 Å². The Hall–Kier alpha value is -2.50. The quantitative estimate of drug-likeness (QED) is 0.913. The number of furan rings is 2. The molecule has 0 bridgehead atoms. The fourth-order valence-corrected chi connectivity index (χ4v) is 3.51. The fraction of sp³-hybridized carbons (Fsp3) is 0.444. The zero-order valence-electron chi connectivity index (χ0n) is 13.3. The Morgan fingerprint density at radius 2 is 2.04 bits per heavy atom. The minimum atomic E-state index is -0.370. The standard InChI is InChI=1S/C18H20N2O4/c21-17(19-11-12-4-2-8-23-12)15-5-1-7-20(15)18(22)14-10-13(14)16-6-3-9-24-16/h2-4,6,8-9,13-15H,1,5,7,10-11H2,(H,19,21). The molecule has 1 aliphatic heterocycles. The maximum absolute atomic E-state index is 12.7. The molecule has 3 heterocycles. The monoisotopic (exact) mass is 328 g/mol. The molecule has 24 heavy (non-hydrogen) atoms. The van der Waals surface area contributed by atoms with Crippen LogP contribution < -0.4 is 5.32 Å². The topological polar surface area (TPSA) is 75.7 Å². The van der Waals surface area contributed by atoms with Gasteiger partial charge in [-0.25, -0.2) is 0 Å². The number of carbonyl (C=O) groups excluding carboxylic acids is 2. The Balaban J connectivity index is 1.36. The van der Waals surface area contributed by atoms with Crippen molar-refractivity contribution >= 4 is 11.8 Å². The van der Waals surface area contributed by atoms with E-state index in [9.17, 15) is 9.59 Å². The van der Waals surface area contributed by atoms with E-state index in [1.165, 1.54) is 0 Å². The molecule has 3 atom stereocenters. The molecule has 0 radical (unpaired) electrons. The number of nitrogens with zero attached hydrogens (tertiary/aromatic N) is 1. The molecule has 0 spiro atoms. The summed E-state index contributed by atoms with van der Waals surface area (Å²) in [5.74, 6) is 1.67. The Morgan fingerprint density at radius 3 is 2.79 bits per heavy atom. The van der Waals surface area contributed by atoms with Crippen molar-refractivity contribution in [1.29, 1.82) is 0 Å². The third-order valence-electron chi connectivity index (χ3n) is 4.87. The van der Waals surface area contributed by atoms with Crippen molar-refractivity contribution in [1.82, 2.24) is 10.2 Å². The summed E-state index contributed by atoms with van der Waals surface area (Å²) in [5, 5.41) is 2.86. The molecule has 2 aromatic heterocycles. The van der Waals surface area contributed by atoms with Crippen LogP contribution in [0.5, 0.6) is 0 Å². The predicted octanol–water partition coefficient (Wildman–Crippen LogP) is 2.28. The first-order valence-electron chi connectivity index (χ1n) is 8.38. The highest BCUT2D eigenvalue weighted by Gasteiger charge is 2.49. The molecule has 1 saturated carbocycles. The predicted molar refractivity (Wildman–Crippen MR) is 84.8 cm³/mol. The van der Waals surface area contributed by atoms with Crippen LogP contribution in [0.2, 0.25) is 0 Å². The van der Waals surface area contributed by atoms with Crippen LogP contribution in [0.4, 0.5) is 0 Å². The van der Waals surface area contributed by atoms with Gasteiger partial charge >= 0.3 is 0 Å². The van der Waals surface area contributed by atoms with Crippen molar-refractivity contribution in [2.75, 3.05) is 6.54 Å². The molecule has 4 rings (SSSR count). The average Bonchev–Trinajstić information content (AvgIpc) is 3.08. The molecular weight excluding hydrogens is 308 g/mol. The molecule has 6 nitrogen and oxygen atoms in total. The number of hydrogen-bond donors (Lipinski definition) is 1. The molecule has 2 aromatic rings. The normalized spacial score (nSPS) is 25.7. The second-order valence-electron chi connectivity index (χ2n) is 6.45. The first kappa shape index (κ1) is 15.1. The van der Waals surface area contributed by atoms with E-state index in [0.717, 1.165) is 18.6 Å². The van der Waals surface area contributed by atoms with E-state index in [4.69, 9.17) is 8.83 Å². The molecule has 1 saturated heterocycles. The van der Waals surface area contributed by atoms with Crippen molar-refractivity contribution in [3.05, 3.63) is 48.3 Å². The third-order valence-corrected chi connectivity index (χ3v) is 4.87.